The predicted octanol–water partition coefficient (Wildman–Crippen LogP) is 2.25. The Hall–Kier alpha value is -1.49. The van der Waals surface area contributed by atoms with Gasteiger partial charge in [-0.05, 0) is 30.4 Å². The predicted molar refractivity (Wildman–Crippen MR) is 77.2 cm³/mol. The van der Waals surface area contributed by atoms with Gasteiger partial charge in [0.2, 0.25) is 5.91 Å². The van der Waals surface area contributed by atoms with E-state index in [1.807, 2.05) is 6.07 Å². The van der Waals surface area contributed by atoms with Crippen molar-refractivity contribution in [1.82, 2.24) is 10.6 Å². The Balaban J connectivity index is 1.91. The molecule has 1 aromatic carbocycles. The van der Waals surface area contributed by atoms with Gasteiger partial charge < -0.3 is 5.32 Å². The molecule has 0 saturated heterocycles. The summed E-state index contributed by atoms with van der Waals surface area (Å²) in [5, 5.41) is 5.01. The van der Waals surface area contributed by atoms with Crippen molar-refractivity contribution >= 4 is 23.7 Å². The molecule has 0 spiro atoms. The summed E-state index contributed by atoms with van der Waals surface area (Å²) >= 11 is 1.61. The van der Waals surface area contributed by atoms with Gasteiger partial charge in [-0.3, -0.25) is 10.1 Å². The summed E-state index contributed by atoms with van der Waals surface area (Å²) in [7, 11) is 1.49. The molecule has 4 nitrogen and oxygen atoms in total. The summed E-state index contributed by atoms with van der Waals surface area (Å²) in [6, 6.07) is 7.96. The van der Waals surface area contributed by atoms with Crippen LogP contribution >= 0.6 is 11.8 Å². The SMILES string of the molecule is CNC(=O)NC(=O)CS[C@H]1CCCc2ccccc21. The van der Waals surface area contributed by atoms with Crippen LogP contribution in [0.3, 0.4) is 0 Å². The van der Waals surface area contributed by atoms with Gasteiger partial charge in [0.05, 0.1) is 5.75 Å². The first kappa shape index (κ1) is 13.9. The number of amides is 3. The molecule has 19 heavy (non-hydrogen) atoms. The number of carbonyl (C=O) groups excluding carboxylic acids is 2. The van der Waals surface area contributed by atoms with Crippen LogP contribution < -0.4 is 10.6 Å². The fraction of sp³-hybridized carbons (Fsp3) is 0.429. The molecule has 3 amide bonds. The van der Waals surface area contributed by atoms with Crippen LogP contribution in [0.25, 0.3) is 0 Å². The van der Waals surface area contributed by atoms with E-state index in [0.717, 1.165) is 19.3 Å². The van der Waals surface area contributed by atoms with Crippen LogP contribution in [0, 0.1) is 0 Å². The number of carbonyl (C=O) groups is 2. The van der Waals surface area contributed by atoms with E-state index in [2.05, 4.69) is 28.8 Å². The zero-order valence-corrected chi connectivity index (χ0v) is 11.8. The average Bonchev–Trinajstić information content (AvgIpc) is 2.44. The molecular weight excluding hydrogens is 260 g/mol. The second-order valence-corrected chi connectivity index (χ2v) is 5.71. The summed E-state index contributed by atoms with van der Waals surface area (Å²) in [6.07, 6.45) is 3.37. The Morgan fingerprint density at radius 3 is 2.95 bits per heavy atom. The third-order valence-electron chi connectivity index (χ3n) is 3.21. The molecule has 1 aromatic rings. The summed E-state index contributed by atoms with van der Waals surface area (Å²) < 4.78 is 0. The third-order valence-corrected chi connectivity index (χ3v) is 4.53. The zero-order chi connectivity index (χ0) is 13.7. The Morgan fingerprint density at radius 1 is 1.37 bits per heavy atom. The van der Waals surface area contributed by atoms with Crippen LogP contribution in [0.15, 0.2) is 24.3 Å². The number of aryl methyl sites for hydroxylation is 1. The highest BCUT2D eigenvalue weighted by Gasteiger charge is 2.21. The molecule has 1 atom stereocenters. The first-order chi connectivity index (χ1) is 9.20. The van der Waals surface area contributed by atoms with Gasteiger partial charge in [-0.2, -0.15) is 0 Å². The van der Waals surface area contributed by atoms with E-state index in [1.165, 1.54) is 18.2 Å². The molecule has 0 aromatic heterocycles. The number of imide groups is 1. The van der Waals surface area contributed by atoms with Gasteiger partial charge in [-0.25, -0.2) is 4.79 Å². The van der Waals surface area contributed by atoms with Gasteiger partial charge in [0.25, 0.3) is 0 Å². The van der Waals surface area contributed by atoms with Gasteiger partial charge in [0.15, 0.2) is 0 Å². The lowest BCUT2D eigenvalue weighted by molar-refractivity contribution is -0.117. The summed E-state index contributed by atoms with van der Waals surface area (Å²) in [5.41, 5.74) is 2.73. The number of thioether (sulfide) groups is 1. The van der Waals surface area contributed by atoms with Crippen molar-refractivity contribution in [2.24, 2.45) is 0 Å². The minimum Gasteiger partial charge on any atom is -0.341 e. The van der Waals surface area contributed by atoms with Crippen molar-refractivity contribution < 1.29 is 9.59 Å². The van der Waals surface area contributed by atoms with Crippen LogP contribution in [-0.2, 0) is 11.2 Å². The molecule has 0 bridgehead atoms. The largest absolute Gasteiger partial charge is 0.341 e. The Bertz CT molecular complexity index is 476. The highest BCUT2D eigenvalue weighted by molar-refractivity contribution is 8.00. The normalized spacial score (nSPS) is 17.4. The van der Waals surface area contributed by atoms with Crippen molar-refractivity contribution in [1.29, 1.82) is 0 Å². The van der Waals surface area contributed by atoms with Crippen LogP contribution in [0.1, 0.15) is 29.2 Å². The van der Waals surface area contributed by atoms with Crippen LogP contribution in [0.2, 0.25) is 0 Å². The van der Waals surface area contributed by atoms with E-state index in [9.17, 15) is 9.59 Å². The molecule has 5 heteroatoms. The lowest BCUT2D eigenvalue weighted by atomic mass is 9.91. The lowest BCUT2D eigenvalue weighted by Gasteiger charge is -2.24. The van der Waals surface area contributed by atoms with E-state index >= 15 is 0 Å². The molecule has 2 N–H and O–H groups in total. The van der Waals surface area contributed by atoms with E-state index < -0.39 is 6.03 Å². The number of benzene rings is 1. The van der Waals surface area contributed by atoms with Crippen molar-refractivity contribution in [3.8, 4) is 0 Å². The third kappa shape index (κ3) is 3.73. The average molecular weight is 278 g/mol. The second kappa shape index (κ2) is 6.61. The van der Waals surface area contributed by atoms with E-state index in [-0.39, 0.29) is 5.91 Å². The molecule has 0 fully saturated rings. The summed E-state index contributed by atoms with van der Waals surface area (Å²) in [4.78, 5) is 22.6. The molecule has 2 rings (SSSR count). The van der Waals surface area contributed by atoms with Crippen molar-refractivity contribution in [3.05, 3.63) is 35.4 Å². The van der Waals surface area contributed by atoms with Crippen LogP contribution in [0.5, 0.6) is 0 Å². The Kier molecular flexibility index (Phi) is 4.85. The molecule has 0 radical (unpaired) electrons. The molecule has 0 saturated carbocycles. The number of hydrogen-bond acceptors (Lipinski definition) is 3. The minimum absolute atomic E-state index is 0.243. The molecule has 1 aliphatic rings. The molecule has 0 heterocycles. The Labute approximate surface area is 117 Å². The van der Waals surface area contributed by atoms with E-state index in [1.54, 1.807) is 11.8 Å². The maximum Gasteiger partial charge on any atom is 0.321 e. The summed E-state index contributed by atoms with van der Waals surface area (Å²) in [6.45, 7) is 0. The van der Waals surface area contributed by atoms with E-state index in [0.29, 0.717) is 11.0 Å². The number of hydrogen-bond donors (Lipinski definition) is 2. The number of rotatable bonds is 3. The second-order valence-electron chi connectivity index (χ2n) is 4.52. The Morgan fingerprint density at radius 2 is 2.16 bits per heavy atom. The highest BCUT2D eigenvalue weighted by Crippen LogP contribution is 2.39. The van der Waals surface area contributed by atoms with Crippen molar-refractivity contribution in [2.75, 3.05) is 12.8 Å². The number of fused-ring (bicyclic) bond motifs is 1. The minimum atomic E-state index is -0.449. The first-order valence-electron chi connectivity index (χ1n) is 6.41. The number of urea groups is 1. The smallest absolute Gasteiger partial charge is 0.321 e. The van der Waals surface area contributed by atoms with Crippen molar-refractivity contribution in [2.45, 2.75) is 24.5 Å². The highest BCUT2D eigenvalue weighted by atomic mass is 32.2. The van der Waals surface area contributed by atoms with Crippen molar-refractivity contribution in [3.63, 3.8) is 0 Å². The quantitative estimate of drug-likeness (QED) is 0.891. The van der Waals surface area contributed by atoms with Gasteiger partial charge in [0.1, 0.15) is 0 Å². The maximum atomic E-state index is 11.6. The molecule has 0 aliphatic heterocycles. The van der Waals surface area contributed by atoms with Gasteiger partial charge >= 0.3 is 6.03 Å². The lowest BCUT2D eigenvalue weighted by Crippen LogP contribution is -2.38. The van der Waals surface area contributed by atoms with E-state index in [4.69, 9.17) is 0 Å². The molecule has 102 valence electrons. The number of nitrogens with one attached hydrogen (secondary N) is 2. The van der Waals surface area contributed by atoms with Crippen LogP contribution in [0.4, 0.5) is 4.79 Å². The fourth-order valence-electron chi connectivity index (χ4n) is 2.28. The van der Waals surface area contributed by atoms with Gasteiger partial charge in [-0.1, -0.05) is 24.3 Å². The standard InChI is InChI=1S/C14H18N2O2S/c1-15-14(18)16-13(17)9-19-12-8-4-6-10-5-2-3-7-11(10)12/h2-3,5,7,12H,4,6,8-9H2,1H3,(H2,15,16,17,18)/t12-/m0/s1. The zero-order valence-electron chi connectivity index (χ0n) is 10.9. The topological polar surface area (TPSA) is 58.2 Å². The molecular formula is C14H18N2O2S. The fourth-order valence-corrected chi connectivity index (χ4v) is 3.45. The molecule has 0 unspecified atom stereocenters. The summed E-state index contributed by atoms with van der Waals surface area (Å²) in [5.74, 6) is 0.0688. The molecule has 1 aliphatic carbocycles. The van der Waals surface area contributed by atoms with Crippen LogP contribution in [-0.4, -0.2) is 24.7 Å². The monoisotopic (exact) mass is 278 g/mol. The van der Waals surface area contributed by atoms with Gasteiger partial charge in [-0.15, -0.1) is 11.8 Å². The first-order valence-corrected chi connectivity index (χ1v) is 7.46. The van der Waals surface area contributed by atoms with Gasteiger partial charge in [0, 0.05) is 12.3 Å². The maximum absolute atomic E-state index is 11.6.